The zero-order valence-corrected chi connectivity index (χ0v) is 9.75. The van der Waals surface area contributed by atoms with Gasteiger partial charge in [-0.05, 0) is 32.7 Å². The van der Waals surface area contributed by atoms with Crippen molar-refractivity contribution in [2.75, 3.05) is 13.1 Å². The van der Waals surface area contributed by atoms with E-state index in [9.17, 15) is 13.6 Å². The van der Waals surface area contributed by atoms with Crippen molar-refractivity contribution in [3.63, 3.8) is 0 Å². The predicted octanol–water partition coefficient (Wildman–Crippen LogP) is 2.22. The van der Waals surface area contributed by atoms with Gasteiger partial charge >= 0.3 is 5.97 Å². The lowest BCUT2D eigenvalue weighted by Crippen LogP contribution is -2.49. The first-order valence-electron chi connectivity index (χ1n) is 5.71. The van der Waals surface area contributed by atoms with Gasteiger partial charge in [-0.1, -0.05) is 6.92 Å². The number of carbonyl (C=O) groups is 1. The number of rotatable bonds is 4. The van der Waals surface area contributed by atoms with Gasteiger partial charge in [0, 0.05) is 12.5 Å². The Hall–Kier alpha value is -0.710. The molecule has 1 heterocycles. The molecule has 2 unspecified atom stereocenters. The van der Waals surface area contributed by atoms with Crippen LogP contribution in [0.4, 0.5) is 8.78 Å². The van der Waals surface area contributed by atoms with Crippen LogP contribution in [0.15, 0.2) is 0 Å². The molecular formula is C11H19F2NO2. The molecule has 1 saturated heterocycles. The van der Waals surface area contributed by atoms with Crippen LogP contribution in [-0.4, -0.2) is 41.0 Å². The smallest absolute Gasteiger partial charge is 0.320 e. The van der Waals surface area contributed by atoms with Gasteiger partial charge < -0.3 is 5.11 Å². The highest BCUT2D eigenvalue weighted by Crippen LogP contribution is 2.32. The number of likely N-dealkylation sites (tertiary alicyclic amines) is 1. The summed E-state index contributed by atoms with van der Waals surface area (Å²) in [6.07, 6.45) is 1.59. The summed E-state index contributed by atoms with van der Waals surface area (Å²) in [5.41, 5.74) is 0. The Labute approximate surface area is 94.4 Å². The number of alkyl halides is 2. The number of hydrogen-bond donors (Lipinski definition) is 1. The van der Waals surface area contributed by atoms with E-state index in [1.54, 1.807) is 11.8 Å². The van der Waals surface area contributed by atoms with E-state index in [-0.39, 0.29) is 6.54 Å². The molecule has 94 valence electrons. The second-order valence-electron chi connectivity index (χ2n) is 4.55. The first kappa shape index (κ1) is 13.4. The molecule has 0 amide bonds. The van der Waals surface area contributed by atoms with Crippen molar-refractivity contribution < 1.29 is 18.7 Å². The lowest BCUT2D eigenvalue weighted by molar-refractivity contribution is -0.146. The van der Waals surface area contributed by atoms with E-state index >= 15 is 0 Å². The van der Waals surface area contributed by atoms with Crippen molar-refractivity contribution in [3.8, 4) is 0 Å². The quantitative estimate of drug-likeness (QED) is 0.812. The predicted molar refractivity (Wildman–Crippen MR) is 56.6 cm³/mol. The molecule has 0 spiro atoms. The number of halogens is 2. The maximum atomic E-state index is 13.2. The summed E-state index contributed by atoms with van der Waals surface area (Å²) in [5, 5.41) is 8.99. The van der Waals surface area contributed by atoms with E-state index < -0.39 is 23.9 Å². The van der Waals surface area contributed by atoms with Crippen LogP contribution in [0.25, 0.3) is 0 Å². The summed E-state index contributed by atoms with van der Waals surface area (Å²) >= 11 is 0. The van der Waals surface area contributed by atoms with E-state index in [0.717, 1.165) is 6.92 Å². The molecule has 1 aliphatic rings. The molecule has 0 saturated carbocycles. The van der Waals surface area contributed by atoms with Crippen molar-refractivity contribution in [1.29, 1.82) is 0 Å². The maximum absolute atomic E-state index is 13.2. The molecule has 0 aromatic rings. The van der Waals surface area contributed by atoms with Gasteiger partial charge in [0.15, 0.2) is 0 Å². The zero-order valence-electron chi connectivity index (χ0n) is 9.75. The molecule has 1 rings (SSSR count). The molecule has 1 N–H and O–H groups in total. The van der Waals surface area contributed by atoms with E-state index in [1.165, 1.54) is 0 Å². The number of hydrogen-bond acceptors (Lipinski definition) is 2. The van der Waals surface area contributed by atoms with Gasteiger partial charge in [0.1, 0.15) is 6.04 Å². The number of aliphatic carboxylic acids is 1. The number of nitrogens with zero attached hydrogens (tertiary/aromatic N) is 1. The Morgan fingerprint density at radius 1 is 1.62 bits per heavy atom. The van der Waals surface area contributed by atoms with Crippen molar-refractivity contribution in [1.82, 2.24) is 4.90 Å². The minimum absolute atomic E-state index is 0.189. The van der Waals surface area contributed by atoms with Crippen LogP contribution >= 0.6 is 0 Å². The summed E-state index contributed by atoms with van der Waals surface area (Å²) in [6, 6.07) is -0.620. The third kappa shape index (κ3) is 3.14. The molecule has 0 radical (unpaired) electrons. The van der Waals surface area contributed by atoms with Crippen molar-refractivity contribution >= 4 is 5.97 Å². The van der Waals surface area contributed by atoms with Crippen molar-refractivity contribution in [2.24, 2.45) is 5.92 Å². The van der Waals surface area contributed by atoms with E-state index in [1.807, 2.05) is 0 Å². The van der Waals surface area contributed by atoms with Gasteiger partial charge in [-0.2, -0.15) is 0 Å². The van der Waals surface area contributed by atoms with Gasteiger partial charge in [0.05, 0.1) is 0 Å². The van der Waals surface area contributed by atoms with Crippen LogP contribution in [0, 0.1) is 5.92 Å². The highest BCUT2D eigenvalue weighted by molar-refractivity contribution is 5.73. The molecule has 0 aliphatic carbocycles. The van der Waals surface area contributed by atoms with Gasteiger partial charge in [0.2, 0.25) is 5.92 Å². The molecular weight excluding hydrogens is 216 g/mol. The Morgan fingerprint density at radius 3 is 2.69 bits per heavy atom. The standard InChI is InChI=1S/C11H19F2NO2/c1-3-9(10(15)16)14-6-4-5-8(7-14)11(2,12)13/h8-9H,3-7H2,1-2H3,(H,15,16). The van der Waals surface area contributed by atoms with Crippen LogP contribution in [0.2, 0.25) is 0 Å². The van der Waals surface area contributed by atoms with Gasteiger partial charge in [-0.15, -0.1) is 0 Å². The topological polar surface area (TPSA) is 40.5 Å². The highest BCUT2D eigenvalue weighted by Gasteiger charge is 2.39. The van der Waals surface area contributed by atoms with Crippen LogP contribution < -0.4 is 0 Å². The first-order chi connectivity index (χ1) is 7.36. The van der Waals surface area contributed by atoms with Gasteiger partial charge in [-0.25, -0.2) is 8.78 Å². The molecule has 0 aromatic heterocycles. The second kappa shape index (κ2) is 5.08. The van der Waals surface area contributed by atoms with Crippen LogP contribution in [-0.2, 0) is 4.79 Å². The largest absolute Gasteiger partial charge is 0.480 e. The normalized spacial score (nSPS) is 25.4. The van der Waals surface area contributed by atoms with Crippen LogP contribution in [0.3, 0.4) is 0 Å². The lowest BCUT2D eigenvalue weighted by atomic mass is 9.91. The minimum atomic E-state index is -2.71. The fraction of sp³-hybridized carbons (Fsp3) is 0.909. The highest BCUT2D eigenvalue weighted by atomic mass is 19.3. The molecule has 1 fully saturated rings. The average molecular weight is 235 g/mol. The van der Waals surface area contributed by atoms with Crippen molar-refractivity contribution in [3.05, 3.63) is 0 Å². The third-order valence-electron chi connectivity index (χ3n) is 3.28. The summed E-state index contributed by atoms with van der Waals surface area (Å²) in [7, 11) is 0. The van der Waals surface area contributed by atoms with Crippen LogP contribution in [0.5, 0.6) is 0 Å². The third-order valence-corrected chi connectivity index (χ3v) is 3.28. The fourth-order valence-electron chi connectivity index (χ4n) is 2.29. The number of piperidine rings is 1. The molecule has 5 heteroatoms. The molecule has 1 aliphatic heterocycles. The second-order valence-corrected chi connectivity index (χ2v) is 4.55. The summed E-state index contributed by atoms with van der Waals surface area (Å²) in [4.78, 5) is 12.6. The number of carboxylic acid groups (broad SMARTS) is 1. The Balaban J connectivity index is 2.66. The first-order valence-corrected chi connectivity index (χ1v) is 5.71. The van der Waals surface area contributed by atoms with Gasteiger partial charge in [-0.3, -0.25) is 9.69 Å². The Bertz CT molecular complexity index is 253. The minimum Gasteiger partial charge on any atom is -0.480 e. The monoisotopic (exact) mass is 235 g/mol. The van der Waals surface area contributed by atoms with Crippen molar-refractivity contribution in [2.45, 2.75) is 45.1 Å². The van der Waals surface area contributed by atoms with Crippen LogP contribution in [0.1, 0.15) is 33.1 Å². The van der Waals surface area contributed by atoms with E-state index in [0.29, 0.717) is 25.8 Å². The molecule has 16 heavy (non-hydrogen) atoms. The van der Waals surface area contributed by atoms with Gasteiger partial charge in [0.25, 0.3) is 0 Å². The summed E-state index contributed by atoms with van der Waals surface area (Å²) in [6.45, 7) is 3.49. The molecule has 3 nitrogen and oxygen atoms in total. The molecule has 2 atom stereocenters. The molecule has 0 aromatic carbocycles. The summed E-state index contributed by atoms with van der Waals surface area (Å²) < 4.78 is 26.4. The Morgan fingerprint density at radius 2 is 2.25 bits per heavy atom. The average Bonchev–Trinajstić information content (AvgIpc) is 2.17. The van der Waals surface area contributed by atoms with E-state index in [4.69, 9.17) is 5.11 Å². The summed E-state index contributed by atoms with van der Waals surface area (Å²) in [5.74, 6) is -4.34. The SMILES string of the molecule is CCC(C(=O)O)N1CCCC(C(C)(F)F)C1. The Kier molecular flexibility index (Phi) is 4.24. The fourth-order valence-corrected chi connectivity index (χ4v) is 2.29. The lowest BCUT2D eigenvalue weighted by Gasteiger charge is -2.38. The maximum Gasteiger partial charge on any atom is 0.320 e. The molecule has 0 bridgehead atoms. The number of carboxylic acids is 1. The van der Waals surface area contributed by atoms with E-state index in [2.05, 4.69) is 0 Å². The zero-order chi connectivity index (χ0) is 12.3.